The fourth-order valence-electron chi connectivity index (χ4n) is 1.73. The van der Waals surface area contributed by atoms with Crippen molar-refractivity contribution in [2.75, 3.05) is 5.32 Å². The Morgan fingerprint density at radius 1 is 1.04 bits per heavy atom. The number of hydrogen-bond acceptors (Lipinski definition) is 5. The number of nitrogens with zero attached hydrogens (tertiary/aromatic N) is 1. The summed E-state index contributed by atoms with van der Waals surface area (Å²) in [5, 5.41) is 15.3. The summed E-state index contributed by atoms with van der Waals surface area (Å²) in [6, 6.07) is 12.0. The van der Waals surface area contributed by atoms with E-state index < -0.39 is 17.7 Å². The average molecular weight is 326 g/mol. The summed E-state index contributed by atoms with van der Waals surface area (Å²) in [5.41, 5.74) is 8.34. The molecule has 2 aromatic carbocycles. The molecule has 0 aromatic heterocycles. The molecule has 8 heteroatoms. The van der Waals surface area contributed by atoms with Crippen molar-refractivity contribution in [3.63, 3.8) is 0 Å². The number of amides is 3. The molecule has 122 valence electrons. The van der Waals surface area contributed by atoms with E-state index in [1.807, 2.05) is 0 Å². The van der Waals surface area contributed by atoms with Crippen LogP contribution in [0.5, 0.6) is 5.75 Å². The minimum atomic E-state index is -0.967. The van der Waals surface area contributed by atoms with Gasteiger partial charge in [0, 0.05) is 11.3 Å². The van der Waals surface area contributed by atoms with Crippen LogP contribution in [0.3, 0.4) is 0 Å². The van der Waals surface area contributed by atoms with Crippen molar-refractivity contribution >= 4 is 29.6 Å². The van der Waals surface area contributed by atoms with Gasteiger partial charge in [-0.2, -0.15) is 5.10 Å². The highest BCUT2D eigenvalue weighted by Crippen LogP contribution is 2.09. The van der Waals surface area contributed by atoms with Crippen molar-refractivity contribution in [2.45, 2.75) is 0 Å². The molecule has 0 aliphatic rings. The molecule has 0 aliphatic carbocycles. The standard InChI is InChI=1S/C16H14N4O4/c17-14(22)11-4-6-12(7-5-11)19-15(23)16(24)20-18-9-10-2-1-3-13(21)8-10/h1-9,21H,(H2,17,22)(H,19,23)(H,20,24)/b18-9+. The molecule has 24 heavy (non-hydrogen) atoms. The highest BCUT2D eigenvalue weighted by Gasteiger charge is 2.13. The summed E-state index contributed by atoms with van der Waals surface area (Å²) in [6.07, 6.45) is 1.28. The first-order valence-electron chi connectivity index (χ1n) is 6.79. The van der Waals surface area contributed by atoms with Crippen molar-refractivity contribution in [2.24, 2.45) is 10.8 Å². The fraction of sp³-hybridized carbons (Fsp3) is 0. The second-order valence-electron chi connectivity index (χ2n) is 4.69. The van der Waals surface area contributed by atoms with E-state index >= 15 is 0 Å². The molecule has 0 fully saturated rings. The predicted molar refractivity (Wildman–Crippen MR) is 87.4 cm³/mol. The maximum absolute atomic E-state index is 11.7. The van der Waals surface area contributed by atoms with Gasteiger partial charge < -0.3 is 16.2 Å². The van der Waals surface area contributed by atoms with Crippen LogP contribution in [0.15, 0.2) is 53.6 Å². The zero-order valence-electron chi connectivity index (χ0n) is 12.4. The minimum Gasteiger partial charge on any atom is -0.508 e. The highest BCUT2D eigenvalue weighted by molar-refractivity contribution is 6.39. The first kappa shape index (κ1) is 16.7. The van der Waals surface area contributed by atoms with Crippen molar-refractivity contribution < 1.29 is 19.5 Å². The monoisotopic (exact) mass is 326 g/mol. The first-order chi connectivity index (χ1) is 11.5. The van der Waals surface area contributed by atoms with E-state index in [2.05, 4.69) is 15.8 Å². The molecule has 2 rings (SSSR count). The zero-order valence-corrected chi connectivity index (χ0v) is 12.4. The van der Waals surface area contributed by atoms with Crippen molar-refractivity contribution in [3.8, 4) is 5.75 Å². The van der Waals surface area contributed by atoms with Crippen LogP contribution in [0.2, 0.25) is 0 Å². The maximum Gasteiger partial charge on any atom is 0.329 e. The molecule has 0 bridgehead atoms. The lowest BCUT2D eigenvalue weighted by Gasteiger charge is -2.04. The van der Waals surface area contributed by atoms with Crippen molar-refractivity contribution in [3.05, 3.63) is 59.7 Å². The lowest BCUT2D eigenvalue weighted by atomic mass is 10.2. The van der Waals surface area contributed by atoms with Gasteiger partial charge in [-0.25, -0.2) is 5.43 Å². The summed E-state index contributed by atoms with van der Waals surface area (Å²) in [5.74, 6) is -2.42. The maximum atomic E-state index is 11.7. The smallest absolute Gasteiger partial charge is 0.329 e. The van der Waals surface area contributed by atoms with Crippen LogP contribution in [0.25, 0.3) is 0 Å². The van der Waals surface area contributed by atoms with E-state index in [1.54, 1.807) is 12.1 Å². The van der Waals surface area contributed by atoms with Crippen LogP contribution in [-0.4, -0.2) is 29.0 Å². The molecule has 0 saturated carbocycles. The van der Waals surface area contributed by atoms with Crippen LogP contribution >= 0.6 is 0 Å². The van der Waals surface area contributed by atoms with Gasteiger partial charge in [0.25, 0.3) is 0 Å². The van der Waals surface area contributed by atoms with E-state index in [4.69, 9.17) is 5.73 Å². The van der Waals surface area contributed by atoms with Gasteiger partial charge in [0.2, 0.25) is 5.91 Å². The van der Waals surface area contributed by atoms with E-state index in [0.717, 1.165) is 0 Å². The number of hydrogen-bond donors (Lipinski definition) is 4. The van der Waals surface area contributed by atoms with Gasteiger partial charge in [0.05, 0.1) is 6.21 Å². The van der Waals surface area contributed by atoms with Crippen LogP contribution in [-0.2, 0) is 9.59 Å². The highest BCUT2D eigenvalue weighted by atomic mass is 16.3. The number of carbonyl (C=O) groups excluding carboxylic acids is 3. The summed E-state index contributed by atoms with van der Waals surface area (Å²) in [7, 11) is 0. The summed E-state index contributed by atoms with van der Waals surface area (Å²) in [4.78, 5) is 34.3. The second kappa shape index (κ2) is 7.54. The van der Waals surface area contributed by atoms with Gasteiger partial charge in [-0.1, -0.05) is 12.1 Å². The largest absolute Gasteiger partial charge is 0.508 e. The molecule has 2 aromatic rings. The van der Waals surface area contributed by atoms with E-state index in [-0.39, 0.29) is 11.3 Å². The number of primary amides is 1. The van der Waals surface area contributed by atoms with Gasteiger partial charge in [0.15, 0.2) is 0 Å². The van der Waals surface area contributed by atoms with Gasteiger partial charge in [-0.05, 0) is 42.0 Å². The number of carbonyl (C=O) groups is 3. The van der Waals surface area contributed by atoms with E-state index in [1.165, 1.54) is 42.6 Å². The lowest BCUT2D eigenvalue weighted by molar-refractivity contribution is -0.136. The Balaban J connectivity index is 1.90. The molecular weight excluding hydrogens is 312 g/mol. The number of phenolic OH excluding ortho intramolecular Hbond substituents is 1. The van der Waals surface area contributed by atoms with Gasteiger partial charge in [-0.3, -0.25) is 14.4 Å². The van der Waals surface area contributed by atoms with Crippen molar-refractivity contribution in [1.82, 2.24) is 5.43 Å². The van der Waals surface area contributed by atoms with Crippen LogP contribution in [0, 0.1) is 0 Å². The lowest BCUT2D eigenvalue weighted by Crippen LogP contribution is -2.32. The molecule has 3 amide bonds. The van der Waals surface area contributed by atoms with Gasteiger partial charge in [0.1, 0.15) is 5.75 Å². The van der Waals surface area contributed by atoms with Crippen LogP contribution < -0.4 is 16.5 Å². The average Bonchev–Trinajstić information content (AvgIpc) is 2.55. The summed E-state index contributed by atoms with van der Waals surface area (Å²) in [6.45, 7) is 0. The van der Waals surface area contributed by atoms with Crippen LogP contribution in [0.4, 0.5) is 5.69 Å². The molecular formula is C16H14N4O4. The van der Waals surface area contributed by atoms with Crippen molar-refractivity contribution in [1.29, 1.82) is 0 Å². The number of anilines is 1. The molecule has 5 N–H and O–H groups in total. The molecule has 0 spiro atoms. The SMILES string of the molecule is NC(=O)c1ccc(NC(=O)C(=O)N/N=C/c2cccc(O)c2)cc1. The third kappa shape index (κ3) is 4.67. The Morgan fingerprint density at radius 3 is 2.38 bits per heavy atom. The number of rotatable bonds is 4. The Labute approximate surface area is 137 Å². The quantitative estimate of drug-likeness (QED) is 0.371. The third-order valence-electron chi connectivity index (χ3n) is 2.88. The van der Waals surface area contributed by atoms with E-state index in [0.29, 0.717) is 11.3 Å². The number of benzene rings is 2. The van der Waals surface area contributed by atoms with Gasteiger partial charge >= 0.3 is 11.8 Å². The second-order valence-corrected chi connectivity index (χ2v) is 4.69. The minimum absolute atomic E-state index is 0.0578. The third-order valence-corrected chi connectivity index (χ3v) is 2.88. The first-order valence-corrected chi connectivity index (χ1v) is 6.79. The molecule has 0 saturated heterocycles. The number of nitrogens with two attached hydrogens (primary N) is 1. The molecule has 0 unspecified atom stereocenters. The summed E-state index contributed by atoms with van der Waals surface area (Å²) < 4.78 is 0. The number of nitrogens with one attached hydrogen (secondary N) is 2. The predicted octanol–water partition coefficient (Wildman–Crippen LogP) is 0.580. The molecule has 0 heterocycles. The van der Waals surface area contributed by atoms with E-state index in [9.17, 15) is 19.5 Å². The van der Waals surface area contributed by atoms with Crippen LogP contribution in [0.1, 0.15) is 15.9 Å². The Hall–Kier alpha value is -3.68. The Bertz CT molecular complexity index is 800. The molecule has 0 atom stereocenters. The Morgan fingerprint density at radius 2 is 1.75 bits per heavy atom. The zero-order chi connectivity index (χ0) is 17.5. The number of phenols is 1. The molecule has 8 nitrogen and oxygen atoms in total. The normalized spacial score (nSPS) is 10.3. The topological polar surface area (TPSA) is 134 Å². The summed E-state index contributed by atoms with van der Waals surface area (Å²) >= 11 is 0. The number of aromatic hydroxyl groups is 1. The molecule has 0 radical (unpaired) electrons. The van der Waals surface area contributed by atoms with Gasteiger partial charge in [-0.15, -0.1) is 0 Å². The fourth-order valence-corrected chi connectivity index (χ4v) is 1.73. The molecule has 0 aliphatic heterocycles. The Kier molecular flexibility index (Phi) is 5.24. The number of hydrazone groups is 1.